The molecule has 1 saturated carbocycles. The smallest absolute Gasteiger partial charge is 0.357 e. The Kier molecular flexibility index (Phi) is 4.85. The van der Waals surface area contributed by atoms with Gasteiger partial charge in [-0.2, -0.15) is 5.10 Å². The first-order chi connectivity index (χ1) is 12.2. The summed E-state index contributed by atoms with van der Waals surface area (Å²) in [7, 11) is 0. The third-order valence-corrected chi connectivity index (χ3v) is 4.09. The Labute approximate surface area is 153 Å². The largest absolute Gasteiger partial charge is 0.448 e. The number of hydrogen-bond acceptors (Lipinski definition) is 4. The van der Waals surface area contributed by atoms with E-state index in [-0.39, 0.29) is 11.4 Å². The van der Waals surface area contributed by atoms with E-state index in [1.54, 1.807) is 17.7 Å². The van der Waals surface area contributed by atoms with Crippen molar-refractivity contribution in [3.8, 4) is 5.69 Å². The quantitative estimate of drug-likeness (QED) is 0.836. The molecule has 138 valence electrons. The van der Waals surface area contributed by atoms with Gasteiger partial charge in [-0.25, -0.2) is 9.48 Å². The van der Waals surface area contributed by atoms with Crippen LogP contribution in [-0.4, -0.2) is 33.3 Å². The maximum Gasteiger partial charge on any atom is 0.357 e. The number of hydrogen-bond donors (Lipinski definition) is 1. The lowest BCUT2D eigenvalue weighted by Crippen LogP contribution is -2.46. The molecule has 1 fully saturated rings. The minimum absolute atomic E-state index is 0.320. The molecule has 6 heteroatoms. The number of amides is 1. The molecular formula is C20H25N3O3. The summed E-state index contributed by atoms with van der Waals surface area (Å²) >= 11 is 0. The number of ether oxygens (including phenoxy) is 1. The van der Waals surface area contributed by atoms with Crippen LogP contribution < -0.4 is 5.32 Å². The highest BCUT2D eigenvalue weighted by Gasteiger charge is 2.30. The van der Waals surface area contributed by atoms with Crippen LogP contribution in [0, 0.1) is 0 Å². The summed E-state index contributed by atoms with van der Waals surface area (Å²) in [6.07, 6.45) is 1.29. The number of benzene rings is 1. The van der Waals surface area contributed by atoms with Crippen LogP contribution >= 0.6 is 0 Å². The maximum atomic E-state index is 12.7. The predicted octanol–water partition coefficient (Wildman–Crippen LogP) is 3.21. The number of para-hydroxylation sites is 1. The molecular weight excluding hydrogens is 330 g/mol. The summed E-state index contributed by atoms with van der Waals surface area (Å²) in [5.74, 6) is -0.461. The van der Waals surface area contributed by atoms with Gasteiger partial charge in [-0.3, -0.25) is 4.79 Å². The van der Waals surface area contributed by atoms with Crippen LogP contribution in [-0.2, 0) is 9.53 Å². The molecule has 0 saturated heterocycles. The van der Waals surface area contributed by atoms with E-state index in [4.69, 9.17) is 4.74 Å². The van der Waals surface area contributed by atoms with Gasteiger partial charge in [0.25, 0.3) is 5.91 Å². The van der Waals surface area contributed by atoms with Gasteiger partial charge in [0.15, 0.2) is 11.8 Å². The Bertz CT molecular complexity index is 801. The highest BCUT2D eigenvalue weighted by atomic mass is 16.5. The number of aromatic nitrogens is 2. The van der Waals surface area contributed by atoms with Crippen molar-refractivity contribution in [3.05, 3.63) is 47.8 Å². The Morgan fingerprint density at radius 3 is 2.46 bits per heavy atom. The van der Waals surface area contributed by atoms with Crippen LogP contribution in [0.2, 0.25) is 0 Å². The fourth-order valence-corrected chi connectivity index (χ4v) is 2.64. The average Bonchev–Trinajstić information content (AvgIpc) is 3.32. The minimum Gasteiger partial charge on any atom is -0.448 e. The summed E-state index contributed by atoms with van der Waals surface area (Å²) in [4.78, 5) is 24.9. The SMILES string of the molecule is C[C@@H](OC(=O)c1cc(C2CC2)nn1-c1ccccc1)C(=O)NC(C)(C)C. The van der Waals surface area contributed by atoms with Crippen LogP contribution in [0.25, 0.3) is 5.69 Å². The van der Waals surface area contributed by atoms with E-state index in [1.165, 1.54) is 0 Å². The van der Waals surface area contributed by atoms with Crippen molar-refractivity contribution < 1.29 is 14.3 Å². The van der Waals surface area contributed by atoms with E-state index in [0.717, 1.165) is 24.2 Å². The molecule has 0 radical (unpaired) electrons. The van der Waals surface area contributed by atoms with Gasteiger partial charge in [0.2, 0.25) is 0 Å². The lowest BCUT2D eigenvalue weighted by Gasteiger charge is -2.23. The number of nitrogens with zero attached hydrogens (tertiary/aromatic N) is 2. The molecule has 1 atom stereocenters. The summed E-state index contributed by atoms with van der Waals surface area (Å²) in [6, 6.07) is 11.2. The Balaban J connectivity index is 1.81. The fourth-order valence-electron chi connectivity index (χ4n) is 2.64. The molecule has 0 unspecified atom stereocenters. The van der Waals surface area contributed by atoms with Crippen molar-refractivity contribution in [2.75, 3.05) is 0 Å². The highest BCUT2D eigenvalue weighted by molar-refractivity contribution is 5.91. The molecule has 1 aromatic heterocycles. The van der Waals surface area contributed by atoms with Gasteiger partial charge in [-0.15, -0.1) is 0 Å². The molecule has 26 heavy (non-hydrogen) atoms. The first kappa shape index (κ1) is 18.2. The van der Waals surface area contributed by atoms with Gasteiger partial charge in [0.05, 0.1) is 11.4 Å². The predicted molar refractivity (Wildman–Crippen MR) is 98.3 cm³/mol. The van der Waals surface area contributed by atoms with E-state index < -0.39 is 12.1 Å². The number of rotatable bonds is 5. The van der Waals surface area contributed by atoms with E-state index >= 15 is 0 Å². The Hall–Kier alpha value is -2.63. The first-order valence-corrected chi connectivity index (χ1v) is 8.93. The second kappa shape index (κ2) is 6.94. The van der Waals surface area contributed by atoms with Crippen LogP contribution in [0.1, 0.15) is 62.6 Å². The van der Waals surface area contributed by atoms with Crippen LogP contribution in [0.5, 0.6) is 0 Å². The highest BCUT2D eigenvalue weighted by Crippen LogP contribution is 2.39. The normalized spacial score (nSPS) is 15.4. The molecule has 2 aromatic rings. The third-order valence-electron chi connectivity index (χ3n) is 4.09. The molecule has 3 rings (SSSR count). The molecule has 0 bridgehead atoms. The van der Waals surface area contributed by atoms with Gasteiger partial charge in [0.1, 0.15) is 0 Å². The number of esters is 1. The summed E-state index contributed by atoms with van der Waals surface area (Å²) in [5.41, 5.74) is 1.64. The van der Waals surface area contributed by atoms with Gasteiger partial charge >= 0.3 is 5.97 Å². The monoisotopic (exact) mass is 355 g/mol. The summed E-state index contributed by atoms with van der Waals surface area (Å²) < 4.78 is 7.01. The molecule has 1 amide bonds. The fraction of sp³-hybridized carbons (Fsp3) is 0.450. The maximum absolute atomic E-state index is 12.7. The van der Waals surface area contributed by atoms with E-state index in [2.05, 4.69) is 10.4 Å². The van der Waals surface area contributed by atoms with E-state index in [9.17, 15) is 9.59 Å². The Morgan fingerprint density at radius 1 is 1.23 bits per heavy atom. The zero-order valence-electron chi connectivity index (χ0n) is 15.7. The van der Waals surface area contributed by atoms with Crippen molar-refractivity contribution in [3.63, 3.8) is 0 Å². The topological polar surface area (TPSA) is 73.2 Å². The second-order valence-corrected chi connectivity index (χ2v) is 7.76. The minimum atomic E-state index is -0.884. The lowest BCUT2D eigenvalue weighted by molar-refractivity contribution is -0.130. The molecule has 1 aliphatic carbocycles. The lowest BCUT2D eigenvalue weighted by atomic mass is 10.1. The molecule has 1 N–H and O–H groups in total. The average molecular weight is 355 g/mol. The molecule has 1 aliphatic rings. The van der Waals surface area contributed by atoms with Crippen LogP contribution in [0.3, 0.4) is 0 Å². The number of carbonyl (C=O) groups is 2. The van der Waals surface area contributed by atoms with Gasteiger partial charge in [-0.1, -0.05) is 18.2 Å². The molecule has 1 heterocycles. The zero-order valence-corrected chi connectivity index (χ0v) is 15.7. The summed E-state index contributed by atoms with van der Waals surface area (Å²) in [6.45, 7) is 7.22. The van der Waals surface area contributed by atoms with Gasteiger partial charge < -0.3 is 10.1 Å². The first-order valence-electron chi connectivity index (χ1n) is 8.93. The van der Waals surface area contributed by atoms with Gasteiger partial charge in [-0.05, 0) is 58.7 Å². The van der Waals surface area contributed by atoms with E-state index in [1.807, 2.05) is 51.1 Å². The summed E-state index contributed by atoms with van der Waals surface area (Å²) in [5, 5.41) is 7.41. The molecule has 1 aromatic carbocycles. The van der Waals surface area contributed by atoms with Gasteiger partial charge in [0, 0.05) is 11.5 Å². The van der Waals surface area contributed by atoms with Crippen LogP contribution in [0.15, 0.2) is 36.4 Å². The number of nitrogens with one attached hydrogen (secondary N) is 1. The Morgan fingerprint density at radius 2 is 1.88 bits per heavy atom. The molecule has 0 aliphatic heterocycles. The van der Waals surface area contributed by atoms with E-state index in [0.29, 0.717) is 11.6 Å². The zero-order chi connectivity index (χ0) is 18.9. The van der Waals surface area contributed by atoms with Crippen molar-refractivity contribution >= 4 is 11.9 Å². The van der Waals surface area contributed by atoms with Crippen molar-refractivity contribution in [2.45, 2.75) is 58.1 Å². The van der Waals surface area contributed by atoms with Crippen molar-refractivity contribution in [1.29, 1.82) is 0 Å². The third kappa shape index (κ3) is 4.31. The van der Waals surface area contributed by atoms with Crippen LogP contribution in [0.4, 0.5) is 0 Å². The van der Waals surface area contributed by atoms with Crippen molar-refractivity contribution in [1.82, 2.24) is 15.1 Å². The standard InChI is InChI=1S/C20H25N3O3/c1-13(18(24)21-20(2,3)4)26-19(25)17-12-16(14-10-11-14)22-23(17)15-8-6-5-7-9-15/h5-9,12-14H,10-11H2,1-4H3,(H,21,24)/t13-/m1/s1. The van der Waals surface area contributed by atoms with Crippen molar-refractivity contribution in [2.24, 2.45) is 0 Å². The second-order valence-electron chi connectivity index (χ2n) is 7.76. The molecule has 0 spiro atoms. The number of carbonyl (C=O) groups excluding carboxylic acids is 2. The molecule has 6 nitrogen and oxygen atoms in total.